The highest BCUT2D eigenvalue weighted by Crippen LogP contribution is 2.30. The summed E-state index contributed by atoms with van der Waals surface area (Å²) in [5.74, 6) is 0.893. The van der Waals surface area contributed by atoms with Crippen LogP contribution in [0.5, 0.6) is 0 Å². The van der Waals surface area contributed by atoms with Crippen LogP contribution in [0.1, 0.15) is 56.1 Å². The number of aryl methyl sites for hydroxylation is 1. The predicted molar refractivity (Wildman–Crippen MR) is 130 cm³/mol. The zero-order chi connectivity index (χ0) is 21.5. The number of benzene rings is 2. The molecule has 2 saturated heterocycles. The number of Topliss-reactive ketones (excluding diaryl/α,β-unsaturated/α-hetero) is 1. The number of ketones is 1. The zero-order valence-electron chi connectivity index (χ0n) is 18.6. The van der Waals surface area contributed by atoms with E-state index in [9.17, 15) is 4.79 Å². The van der Waals surface area contributed by atoms with Gasteiger partial charge in [0.15, 0.2) is 0 Å². The Hall–Kier alpha value is -1.84. The van der Waals surface area contributed by atoms with Gasteiger partial charge in [-0.25, -0.2) is 0 Å². The fraction of sp³-hybridized carbons (Fsp3) is 0.519. The summed E-state index contributed by atoms with van der Waals surface area (Å²) in [6.45, 7) is 5.29. The zero-order valence-corrected chi connectivity index (χ0v) is 19.3. The first-order valence-electron chi connectivity index (χ1n) is 12.0. The first-order valence-corrected chi connectivity index (χ1v) is 12.4. The Morgan fingerprint density at radius 2 is 1.74 bits per heavy atom. The third-order valence-corrected chi connectivity index (χ3v) is 7.07. The smallest absolute Gasteiger partial charge is 0.133 e. The summed E-state index contributed by atoms with van der Waals surface area (Å²) in [7, 11) is 0. The highest BCUT2D eigenvalue weighted by molar-refractivity contribution is 6.33. The lowest BCUT2D eigenvalue weighted by Gasteiger charge is -2.33. The van der Waals surface area contributed by atoms with Crippen LogP contribution in [0.2, 0.25) is 5.02 Å². The summed E-state index contributed by atoms with van der Waals surface area (Å²) in [5.41, 5.74) is 3.72. The fourth-order valence-electron chi connectivity index (χ4n) is 5.11. The number of carbonyl (C=O) groups excluding carboxylic acids is 1. The third kappa shape index (κ3) is 6.57. The molecule has 166 valence electrons. The van der Waals surface area contributed by atoms with Crippen LogP contribution in [0.3, 0.4) is 0 Å². The van der Waals surface area contributed by atoms with Gasteiger partial charge in [-0.15, -0.1) is 0 Å². The van der Waals surface area contributed by atoms with Crippen molar-refractivity contribution in [1.29, 1.82) is 0 Å². The first kappa shape index (κ1) is 22.4. The van der Waals surface area contributed by atoms with E-state index >= 15 is 0 Å². The Morgan fingerprint density at radius 1 is 0.935 bits per heavy atom. The van der Waals surface area contributed by atoms with Crippen molar-refractivity contribution in [3.8, 4) is 0 Å². The van der Waals surface area contributed by atoms with E-state index in [1.165, 1.54) is 48.9 Å². The summed E-state index contributed by atoms with van der Waals surface area (Å²) in [5, 5.41) is 0.879. The van der Waals surface area contributed by atoms with Gasteiger partial charge in [-0.05, 0) is 74.2 Å². The average molecular weight is 439 g/mol. The summed E-state index contributed by atoms with van der Waals surface area (Å²) < 4.78 is 0. The quantitative estimate of drug-likeness (QED) is 0.495. The lowest BCUT2D eigenvalue weighted by Crippen LogP contribution is -2.35. The van der Waals surface area contributed by atoms with Crippen molar-refractivity contribution in [3.05, 3.63) is 64.7 Å². The van der Waals surface area contributed by atoms with E-state index < -0.39 is 0 Å². The third-order valence-electron chi connectivity index (χ3n) is 6.77. The maximum atomic E-state index is 12.5. The summed E-state index contributed by atoms with van der Waals surface area (Å²) >= 11 is 6.66. The molecule has 2 fully saturated rings. The van der Waals surface area contributed by atoms with E-state index in [2.05, 4.69) is 40.1 Å². The molecule has 3 nitrogen and oxygen atoms in total. The van der Waals surface area contributed by atoms with E-state index in [-0.39, 0.29) is 0 Å². The van der Waals surface area contributed by atoms with Crippen molar-refractivity contribution in [2.75, 3.05) is 31.1 Å². The van der Waals surface area contributed by atoms with Crippen molar-refractivity contribution in [3.63, 3.8) is 0 Å². The monoisotopic (exact) mass is 438 g/mol. The molecule has 31 heavy (non-hydrogen) atoms. The summed E-state index contributed by atoms with van der Waals surface area (Å²) in [4.78, 5) is 17.5. The SMILES string of the molecule is O=C(CCc1ccccc1)CC1CCCN(Cc2ccc(N3CCCCC3)c(Cl)c2)C1. The number of hydrogen-bond donors (Lipinski definition) is 0. The highest BCUT2D eigenvalue weighted by atomic mass is 35.5. The van der Waals surface area contributed by atoms with E-state index in [4.69, 9.17) is 11.6 Å². The molecule has 0 bridgehead atoms. The summed E-state index contributed by atoms with van der Waals surface area (Å²) in [6.07, 6.45) is 8.44. The number of hydrogen-bond acceptors (Lipinski definition) is 3. The topological polar surface area (TPSA) is 23.6 Å². The maximum absolute atomic E-state index is 12.5. The van der Waals surface area contributed by atoms with Crippen LogP contribution in [0.4, 0.5) is 5.69 Å². The molecule has 1 atom stereocenters. The van der Waals surface area contributed by atoms with E-state index in [1.807, 2.05) is 18.2 Å². The van der Waals surface area contributed by atoms with Gasteiger partial charge in [0, 0.05) is 39.0 Å². The van der Waals surface area contributed by atoms with Crippen LogP contribution in [-0.4, -0.2) is 36.9 Å². The molecule has 0 N–H and O–H groups in total. The molecule has 2 aliphatic rings. The van der Waals surface area contributed by atoms with Gasteiger partial charge >= 0.3 is 0 Å². The van der Waals surface area contributed by atoms with Gasteiger partial charge in [0.2, 0.25) is 0 Å². The number of halogens is 1. The van der Waals surface area contributed by atoms with Gasteiger partial charge in [-0.2, -0.15) is 0 Å². The Bertz CT molecular complexity index is 848. The molecule has 4 rings (SSSR count). The number of anilines is 1. The number of likely N-dealkylation sites (tertiary alicyclic amines) is 1. The van der Waals surface area contributed by atoms with Gasteiger partial charge < -0.3 is 4.90 Å². The molecule has 0 amide bonds. The van der Waals surface area contributed by atoms with Gasteiger partial charge in [-0.3, -0.25) is 9.69 Å². The van der Waals surface area contributed by atoms with Crippen molar-refractivity contribution in [1.82, 2.24) is 4.90 Å². The minimum Gasteiger partial charge on any atom is -0.370 e. The lowest BCUT2D eigenvalue weighted by molar-refractivity contribution is -0.120. The average Bonchev–Trinajstić information content (AvgIpc) is 2.79. The molecule has 0 radical (unpaired) electrons. The molecule has 0 aliphatic carbocycles. The molecule has 2 aromatic rings. The second-order valence-electron chi connectivity index (χ2n) is 9.31. The molecule has 2 aliphatic heterocycles. The number of piperidine rings is 2. The predicted octanol–water partition coefficient (Wildman–Crippen LogP) is 6.13. The van der Waals surface area contributed by atoms with Gasteiger partial charge in [0.05, 0.1) is 10.7 Å². The van der Waals surface area contributed by atoms with Gasteiger partial charge in [0.1, 0.15) is 5.78 Å². The lowest BCUT2D eigenvalue weighted by atomic mass is 9.91. The molecule has 4 heteroatoms. The number of rotatable bonds is 8. The van der Waals surface area contributed by atoms with E-state index in [0.717, 1.165) is 50.6 Å². The molecular formula is C27H35ClN2O. The Balaban J connectivity index is 1.26. The van der Waals surface area contributed by atoms with Crippen molar-refractivity contribution in [2.24, 2.45) is 5.92 Å². The van der Waals surface area contributed by atoms with Crippen molar-refractivity contribution in [2.45, 2.75) is 57.9 Å². The molecule has 1 unspecified atom stereocenters. The standard InChI is InChI=1S/C27H35ClN2O/c28-26-19-24(12-14-27(26)30-16-5-2-6-17-30)21-29-15-7-10-23(20-29)18-25(31)13-11-22-8-3-1-4-9-22/h1,3-4,8-9,12,14,19,23H,2,5-7,10-11,13,15-18,20-21H2. The van der Waals surface area contributed by atoms with Crippen LogP contribution < -0.4 is 4.90 Å². The van der Waals surface area contributed by atoms with Crippen molar-refractivity contribution < 1.29 is 4.79 Å². The molecule has 2 heterocycles. The number of carbonyl (C=O) groups is 1. The Kier molecular flexibility index (Phi) is 8.04. The fourth-order valence-corrected chi connectivity index (χ4v) is 5.43. The van der Waals surface area contributed by atoms with Gasteiger partial charge in [0.25, 0.3) is 0 Å². The molecule has 2 aromatic carbocycles. The Labute approximate surface area is 192 Å². The minimum atomic E-state index is 0.407. The maximum Gasteiger partial charge on any atom is 0.133 e. The van der Waals surface area contributed by atoms with Crippen LogP contribution in [-0.2, 0) is 17.8 Å². The van der Waals surface area contributed by atoms with Crippen LogP contribution in [0.25, 0.3) is 0 Å². The van der Waals surface area contributed by atoms with E-state index in [0.29, 0.717) is 18.1 Å². The largest absolute Gasteiger partial charge is 0.370 e. The van der Waals surface area contributed by atoms with Crippen LogP contribution in [0, 0.1) is 5.92 Å². The van der Waals surface area contributed by atoms with Gasteiger partial charge in [-0.1, -0.05) is 48.0 Å². The van der Waals surface area contributed by atoms with Crippen molar-refractivity contribution >= 4 is 23.1 Å². The molecular weight excluding hydrogens is 404 g/mol. The second-order valence-corrected chi connectivity index (χ2v) is 9.71. The molecule has 0 aromatic heterocycles. The molecule has 0 spiro atoms. The Morgan fingerprint density at radius 3 is 2.52 bits per heavy atom. The minimum absolute atomic E-state index is 0.407. The van der Waals surface area contributed by atoms with E-state index in [1.54, 1.807) is 0 Å². The van der Waals surface area contributed by atoms with Crippen LogP contribution >= 0.6 is 11.6 Å². The number of nitrogens with zero attached hydrogens (tertiary/aromatic N) is 2. The molecule has 0 saturated carbocycles. The highest BCUT2D eigenvalue weighted by Gasteiger charge is 2.22. The second kappa shape index (κ2) is 11.2. The normalized spacial score (nSPS) is 20.0. The first-order chi connectivity index (χ1) is 15.2. The van der Waals surface area contributed by atoms with Crippen LogP contribution in [0.15, 0.2) is 48.5 Å². The summed E-state index contributed by atoms with van der Waals surface area (Å²) in [6, 6.07) is 16.9.